The lowest BCUT2D eigenvalue weighted by Gasteiger charge is -2.26. The quantitative estimate of drug-likeness (QED) is 0.688. The van der Waals surface area contributed by atoms with E-state index in [0.29, 0.717) is 0 Å². The number of fused-ring (bicyclic) bond motifs is 1. The van der Waals surface area contributed by atoms with Gasteiger partial charge in [-0.25, -0.2) is 0 Å². The van der Waals surface area contributed by atoms with Crippen LogP contribution in [0.25, 0.3) is 6.08 Å². The van der Waals surface area contributed by atoms with E-state index in [1.165, 1.54) is 22.3 Å². The number of hydrogen-bond acceptors (Lipinski definition) is 1. The van der Waals surface area contributed by atoms with E-state index in [2.05, 4.69) is 44.2 Å². The zero-order valence-electron chi connectivity index (χ0n) is 9.79. The molecule has 1 unspecified atom stereocenters. The Morgan fingerprint density at radius 1 is 1.31 bits per heavy atom. The summed E-state index contributed by atoms with van der Waals surface area (Å²) in [4.78, 5) is 0. The first-order valence-corrected chi connectivity index (χ1v) is 5.81. The third-order valence-electron chi connectivity index (χ3n) is 3.56. The highest BCUT2D eigenvalue weighted by Gasteiger charge is 2.32. The van der Waals surface area contributed by atoms with Gasteiger partial charge in [-0.3, -0.25) is 0 Å². The molecule has 1 aromatic carbocycles. The minimum absolute atomic E-state index is 0.160. The maximum absolute atomic E-state index is 5.78. The topological polar surface area (TPSA) is 9.23 Å². The van der Waals surface area contributed by atoms with E-state index in [1.54, 1.807) is 0 Å². The van der Waals surface area contributed by atoms with E-state index in [9.17, 15) is 0 Å². The Labute approximate surface area is 96.4 Å². The van der Waals surface area contributed by atoms with Crippen LogP contribution in [0.2, 0.25) is 0 Å². The largest absolute Gasteiger partial charge is 0.490 e. The van der Waals surface area contributed by atoms with Crippen molar-refractivity contribution in [2.75, 3.05) is 0 Å². The minimum Gasteiger partial charge on any atom is -0.490 e. The Morgan fingerprint density at radius 3 is 2.94 bits per heavy atom. The van der Waals surface area contributed by atoms with Crippen LogP contribution in [0, 0.1) is 0 Å². The molecule has 2 aliphatic rings. The summed E-state index contributed by atoms with van der Waals surface area (Å²) in [6.45, 7) is 4.37. The standard InChI is InChI=1S/C15H16O/c1-11-9-12-5-3-6-14(13(12)10-11)15(2)7-4-8-16-15/h3-6,8,10H,7,9H2,1-2H3. The lowest BCUT2D eigenvalue weighted by atomic mass is 9.88. The molecule has 1 aliphatic heterocycles. The van der Waals surface area contributed by atoms with Crippen LogP contribution in [-0.4, -0.2) is 0 Å². The summed E-state index contributed by atoms with van der Waals surface area (Å²) in [6.07, 6.45) is 8.29. The maximum atomic E-state index is 5.78. The first kappa shape index (κ1) is 9.71. The van der Waals surface area contributed by atoms with Crippen LogP contribution in [0.4, 0.5) is 0 Å². The molecular weight excluding hydrogens is 196 g/mol. The van der Waals surface area contributed by atoms with Crippen molar-refractivity contribution in [2.24, 2.45) is 0 Å². The smallest absolute Gasteiger partial charge is 0.134 e. The van der Waals surface area contributed by atoms with Gasteiger partial charge in [0.1, 0.15) is 5.60 Å². The van der Waals surface area contributed by atoms with Gasteiger partial charge in [0.2, 0.25) is 0 Å². The molecule has 0 saturated heterocycles. The molecule has 0 aromatic heterocycles. The van der Waals surface area contributed by atoms with Crippen LogP contribution in [0.3, 0.4) is 0 Å². The number of hydrogen-bond donors (Lipinski definition) is 0. The monoisotopic (exact) mass is 212 g/mol. The van der Waals surface area contributed by atoms with E-state index < -0.39 is 0 Å². The maximum Gasteiger partial charge on any atom is 0.134 e. The fourth-order valence-corrected chi connectivity index (χ4v) is 2.69. The highest BCUT2D eigenvalue weighted by atomic mass is 16.5. The molecule has 1 aliphatic carbocycles. The van der Waals surface area contributed by atoms with Crippen molar-refractivity contribution in [3.63, 3.8) is 0 Å². The van der Waals surface area contributed by atoms with Gasteiger partial charge in [-0.2, -0.15) is 0 Å². The number of ether oxygens (including phenoxy) is 1. The molecule has 1 nitrogen and oxygen atoms in total. The molecule has 0 spiro atoms. The van der Waals surface area contributed by atoms with Crippen LogP contribution < -0.4 is 0 Å². The van der Waals surface area contributed by atoms with Crippen molar-refractivity contribution < 1.29 is 4.74 Å². The van der Waals surface area contributed by atoms with Crippen molar-refractivity contribution in [2.45, 2.75) is 32.3 Å². The second-order valence-corrected chi connectivity index (χ2v) is 4.97. The summed E-state index contributed by atoms with van der Waals surface area (Å²) in [5.41, 5.74) is 5.42. The Hall–Kier alpha value is -1.50. The van der Waals surface area contributed by atoms with Crippen molar-refractivity contribution in [1.82, 2.24) is 0 Å². The highest BCUT2D eigenvalue weighted by molar-refractivity contribution is 5.67. The Kier molecular flexibility index (Phi) is 1.97. The molecule has 1 atom stereocenters. The molecule has 0 saturated carbocycles. The van der Waals surface area contributed by atoms with E-state index in [1.807, 2.05) is 6.26 Å². The summed E-state index contributed by atoms with van der Waals surface area (Å²) < 4.78 is 5.78. The summed E-state index contributed by atoms with van der Waals surface area (Å²) in [6, 6.07) is 6.56. The van der Waals surface area contributed by atoms with E-state index in [0.717, 1.165) is 12.8 Å². The first-order chi connectivity index (χ1) is 7.69. The van der Waals surface area contributed by atoms with Gasteiger partial charge in [0.25, 0.3) is 0 Å². The van der Waals surface area contributed by atoms with Gasteiger partial charge in [0, 0.05) is 12.0 Å². The molecule has 0 bridgehead atoms. The SMILES string of the molecule is CC1=Cc2c(cccc2C2(C)CC=CO2)C1. The third kappa shape index (κ3) is 1.31. The van der Waals surface area contributed by atoms with Crippen LogP contribution in [0.15, 0.2) is 36.1 Å². The molecule has 82 valence electrons. The van der Waals surface area contributed by atoms with Crippen LogP contribution in [0.5, 0.6) is 0 Å². The van der Waals surface area contributed by atoms with Crippen molar-refractivity contribution in [1.29, 1.82) is 0 Å². The zero-order valence-corrected chi connectivity index (χ0v) is 9.79. The second kappa shape index (κ2) is 3.24. The summed E-state index contributed by atoms with van der Waals surface area (Å²) in [5, 5.41) is 0. The van der Waals surface area contributed by atoms with Crippen LogP contribution >= 0.6 is 0 Å². The Morgan fingerprint density at radius 2 is 2.19 bits per heavy atom. The van der Waals surface area contributed by atoms with Gasteiger partial charge in [-0.15, -0.1) is 0 Å². The summed E-state index contributed by atoms with van der Waals surface area (Å²) in [5.74, 6) is 0. The average Bonchev–Trinajstić information content (AvgIpc) is 2.83. The van der Waals surface area contributed by atoms with Gasteiger partial charge in [0.15, 0.2) is 0 Å². The molecule has 0 radical (unpaired) electrons. The molecule has 1 heterocycles. The van der Waals surface area contributed by atoms with Crippen LogP contribution in [0.1, 0.15) is 37.0 Å². The molecule has 16 heavy (non-hydrogen) atoms. The third-order valence-corrected chi connectivity index (χ3v) is 3.56. The van der Waals surface area contributed by atoms with Crippen molar-refractivity contribution in [3.05, 3.63) is 52.8 Å². The minimum atomic E-state index is -0.160. The van der Waals surface area contributed by atoms with Gasteiger partial charge in [0.05, 0.1) is 6.26 Å². The zero-order chi connectivity index (χ0) is 11.2. The van der Waals surface area contributed by atoms with E-state index in [-0.39, 0.29) is 5.60 Å². The predicted octanol–water partition coefficient (Wildman–Crippen LogP) is 3.80. The fraction of sp³-hybridized carbons (Fsp3) is 0.333. The molecule has 0 N–H and O–H groups in total. The summed E-state index contributed by atoms with van der Waals surface area (Å²) >= 11 is 0. The molecule has 0 fully saturated rings. The molecule has 0 amide bonds. The van der Waals surface area contributed by atoms with E-state index >= 15 is 0 Å². The lowest BCUT2D eigenvalue weighted by molar-refractivity contribution is 0.0607. The van der Waals surface area contributed by atoms with E-state index in [4.69, 9.17) is 4.74 Å². The van der Waals surface area contributed by atoms with Crippen molar-refractivity contribution >= 4 is 6.08 Å². The van der Waals surface area contributed by atoms with Gasteiger partial charge in [-0.05, 0) is 37.5 Å². The van der Waals surface area contributed by atoms with Crippen LogP contribution in [-0.2, 0) is 16.8 Å². The number of benzene rings is 1. The van der Waals surface area contributed by atoms with Crippen molar-refractivity contribution in [3.8, 4) is 0 Å². The fourth-order valence-electron chi connectivity index (χ4n) is 2.69. The Balaban J connectivity index is 2.12. The second-order valence-electron chi connectivity index (χ2n) is 4.97. The first-order valence-electron chi connectivity index (χ1n) is 5.81. The lowest BCUT2D eigenvalue weighted by Crippen LogP contribution is -2.21. The van der Waals surface area contributed by atoms with Gasteiger partial charge < -0.3 is 4.74 Å². The summed E-state index contributed by atoms with van der Waals surface area (Å²) in [7, 11) is 0. The Bertz CT molecular complexity index is 486. The number of allylic oxidation sites excluding steroid dienone is 1. The molecule has 3 rings (SSSR count). The molecular formula is C15H16O. The number of rotatable bonds is 1. The highest BCUT2D eigenvalue weighted by Crippen LogP contribution is 2.40. The van der Waals surface area contributed by atoms with Gasteiger partial charge in [-0.1, -0.05) is 29.8 Å². The molecule has 1 heteroatoms. The average molecular weight is 212 g/mol. The van der Waals surface area contributed by atoms with Gasteiger partial charge >= 0.3 is 0 Å². The normalized spacial score (nSPS) is 26.5. The molecule has 1 aromatic rings. The predicted molar refractivity (Wildman–Crippen MR) is 66.0 cm³/mol.